The number of nitrogens with zero attached hydrogens (tertiary/aromatic N) is 2. The molecule has 0 bridgehead atoms. The fourth-order valence-electron chi connectivity index (χ4n) is 4.26. The lowest BCUT2D eigenvalue weighted by Gasteiger charge is -2.44. The van der Waals surface area contributed by atoms with Crippen molar-refractivity contribution in [2.24, 2.45) is 0 Å². The summed E-state index contributed by atoms with van der Waals surface area (Å²) in [7, 11) is 1.50. The average Bonchev–Trinajstić information content (AvgIpc) is 3.11. The van der Waals surface area contributed by atoms with Crippen molar-refractivity contribution in [3.05, 3.63) is 29.6 Å². The van der Waals surface area contributed by atoms with Crippen LogP contribution in [0, 0.1) is 5.82 Å². The first-order valence-electron chi connectivity index (χ1n) is 9.12. The third-order valence-corrected chi connectivity index (χ3v) is 5.49. The van der Waals surface area contributed by atoms with Gasteiger partial charge in [-0.05, 0) is 37.0 Å². The fourth-order valence-corrected chi connectivity index (χ4v) is 4.26. The minimum Gasteiger partial charge on any atom is -0.494 e. The zero-order valence-corrected chi connectivity index (χ0v) is 14.6. The molecule has 2 fully saturated rings. The Morgan fingerprint density at radius 1 is 1.25 bits per heavy atom. The molecule has 0 amide bonds. The Morgan fingerprint density at radius 2 is 2.04 bits per heavy atom. The normalized spacial score (nSPS) is 23.7. The number of hydrogen-bond donors (Lipinski definition) is 1. The molecule has 5 heteroatoms. The molecule has 3 rings (SSSR count). The van der Waals surface area contributed by atoms with Gasteiger partial charge in [-0.25, -0.2) is 4.39 Å². The predicted octanol–water partition coefficient (Wildman–Crippen LogP) is 2.65. The van der Waals surface area contributed by atoms with Gasteiger partial charge in [-0.15, -0.1) is 0 Å². The molecular formula is C19H29FN2O2. The molecule has 134 valence electrons. The minimum absolute atomic E-state index is 0.242. The van der Waals surface area contributed by atoms with Gasteiger partial charge in [0, 0.05) is 44.9 Å². The van der Waals surface area contributed by atoms with Crippen LogP contribution in [-0.4, -0.2) is 60.3 Å². The SMILES string of the molecule is COc1cc(CN2CCN(C3CCCC3)C(CCO)C2)ccc1F. The second-order valence-corrected chi connectivity index (χ2v) is 7.05. The van der Waals surface area contributed by atoms with Crippen molar-refractivity contribution < 1.29 is 14.2 Å². The molecule has 0 spiro atoms. The molecule has 1 unspecified atom stereocenters. The molecule has 1 aliphatic heterocycles. The van der Waals surface area contributed by atoms with Crippen molar-refractivity contribution in [3.8, 4) is 5.75 Å². The van der Waals surface area contributed by atoms with E-state index in [2.05, 4.69) is 9.80 Å². The number of rotatable bonds is 6. The van der Waals surface area contributed by atoms with Crippen LogP contribution in [0.1, 0.15) is 37.7 Å². The predicted molar refractivity (Wildman–Crippen MR) is 92.7 cm³/mol. The summed E-state index contributed by atoms with van der Waals surface area (Å²) in [6, 6.07) is 6.24. The van der Waals surface area contributed by atoms with Crippen LogP contribution in [0.25, 0.3) is 0 Å². The Bertz CT molecular complexity index is 534. The molecule has 1 N–H and O–H groups in total. The molecule has 24 heavy (non-hydrogen) atoms. The van der Waals surface area contributed by atoms with Crippen LogP contribution < -0.4 is 4.74 Å². The van der Waals surface area contributed by atoms with Crippen LogP contribution in [0.2, 0.25) is 0 Å². The molecule has 1 aromatic rings. The van der Waals surface area contributed by atoms with Gasteiger partial charge >= 0.3 is 0 Å². The van der Waals surface area contributed by atoms with E-state index >= 15 is 0 Å². The quantitative estimate of drug-likeness (QED) is 0.866. The molecular weight excluding hydrogens is 307 g/mol. The molecule has 0 radical (unpaired) electrons. The number of halogens is 1. The van der Waals surface area contributed by atoms with Gasteiger partial charge in [0.1, 0.15) is 0 Å². The number of aliphatic hydroxyl groups is 1. The van der Waals surface area contributed by atoms with E-state index in [1.54, 1.807) is 6.07 Å². The average molecular weight is 336 g/mol. The van der Waals surface area contributed by atoms with Gasteiger partial charge in [0.15, 0.2) is 11.6 Å². The van der Waals surface area contributed by atoms with Gasteiger partial charge in [-0.1, -0.05) is 18.9 Å². The lowest BCUT2D eigenvalue weighted by atomic mass is 10.0. The van der Waals surface area contributed by atoms with E-state index in [-0.39, 0.29) is 12.4 Å². The van der Waals surface area contributed by atoms with Gasteiger partial charge in [0.25, 0.3) is 0 Å². The van der Waals surface area contributed by atoms with Gasteiger partial charge in [0.2, 0.25) is 0 Å². The van der Waals surface area contributed by atoms with Crippen molar-refractivity contribution in [1.82, 2.24) is 9.80 Å². The maximum absolute atomic E-state index is 13.6. The largest absolute Gasteiger partial charge is 0.494 e. The second kappa shape index (κ2) is 8.28. The van der Waals surface area contributed by atoms with Crippen LogP contribution in [0.15, 0.2) is 18.2 Å². The maximum atomic E-state index is 13.6. The zero-order valence-electron chi connectivity index (χ0n) is 14.6. The number of methoxy groups -OCH3 is 1. The summed E-state index contributed by atoms with van der Waals surface area (Å²) in [5.74, 6) is -0.00513. The van der Waals surface area contributed by atoms with E-state index < -0.39 is 0 Å². The number of benzene rings is 1. The van der Waals surface area contributed by atoms with E-state index in [0.717, 1.165) is 38.2 Å². The minimum atomic E-state index is -0.314. The van der Waals surface area contributed by atoms with Crippen molar-refractivity contribution in [1.29, 1.82) is 0 Å². The Morgan fingerprint density at radius 3 is 2.75 bits per heavy atom. The molecule has 1 saturated carbocycles. The van der Waals surface area contributed by atoms with Crippen LogP contribution in [0.3, 0.4) is 0 Å². The van der Waals surface area contributed by atoms with Gasteiger partial charge in [0.05, 0.1) is 7.11 Å². The molecule has 0 aromatic heterocycles. The summed E-state index contributed by atoms with van der Waals surface area (Å²) in [5, 5.41) is 9.45. The van der Waals surface area contributed by atoms with Crippen molar-refractivity contribution >= 4 is 0 Å². The van der Waals surface area contributed by atoms with Gasteiger partial charge < -0.3 is 9.84 Å². The number of ether oxygens (including phenoxy) is 1. The highest BCUT2D eigenvalue weighted by atomic mass is 19.1. The molecule has 1 aliphatic carbocycles. The smallest absolute Gasteiger partial charge is 0.165 e. The summed E-state index contributed by atoms with van der Waals surface area (Å²) in [5.41, 5.74) is 1.07. The van der Waals surface area contributed by atoms with Gasteiger partial charge in [-0.2, -0.15) is 0 Å². The Hall–Kier alpha value is -1.17. The Labute approximate surface area is 144 Å². The summed E-state index contributed by atoms with van der Waals surface area (Å²) >= 11 is 0. The highest BCUT2D eigenvalue weighted by Crippen LogP contribution is 2.28. The first kappa shape index (κ1) is 17.6. The molecule has 1 heterocycles. The first-order chi connectivity index (χ1) is 11.7. The van der Waals surface area contributed by atoms with E-state index in [1.165, 1.54) is 38.9 Å². The number of piperazine rings is 1. The highest BCUT2D eigenvalue weighted by molar-refractivity contribution is 5.30. The van der Waals surface area contributed by atoms with Gasteiger partial charge in [-0.3, -0.25) is 9.80 Å². The van der Waals surface area contributed by atoms with Crippen molar-refractivity contribution in [2.75, 3.05) is 33.4 Å². The number of hydrogen-bond acceptors (Lipinski definition) is 4. The monoisotopic (exact) mass is 336 g/mol. The third kappa shape index (κ3) is 4.08. The molecule has 1 saturated heterocycles. The van der Waals surface area contributed by atoms with Crippen LogP contribution in [0.5, 0.6) is 5.75 Å². The lowest BCUT2D eigenvalue weighted by molar-refractivity contribution is 0.0267. The van der Waals surface area contributed by atoms with E-state index in [0.29, 0.717) is 17.8 Å². The Kier molecular flexibility index (Phi) is 6.09. The molecule has 1 aromatic carbocycles. The zero-order chi connectivity index (χ0) is 16.9. The van der Waals surface area contributed by atoms with E-state index in [9.17, 15) is 9.50 Å². The maximum Gasteiger partial charge on any atom is 0.165 e. The molecule has 4 nitrogen and oxygen atoms in total. The number of aliphatic hydroxyl groups excluding tert-OH is 1. The van der Waals surface area contributed by atoms with Crippen molar-refractivity contribution in [3.63, 3.8) is 0 Å². The van der Waals surface area contributed by atoms with E-state index in [4.69, 9.17) is 4.74 Å². The van der Waals surface area contributed by atoms with Crippen LogP contribution in [0.4, 0.5) is 4.39 Å². The van der Waals surface area contributed by atoms with Crippen molar-refractivity contribution in [2.45, 2.75) is 50.7 Å². The molecule has 1 atom stereocenters. The summed E-state index contributed by atoms with van der Waals surface area (Å²) in [4.78, 5) is 5.05. The summed E-state index contributed by atoms with van der Waals surface area (Å²) < 4.78 is 18.6. The summed E-state index contributed by atoms with van der Waals surface area (Å²) in [6.45, 7) is 4.10. The van der Waals surface area contributed by atoms with E-state index in [1.807, 2.05) is 6.07 Å². The standard InChI is InChI=1S/C19H29FN2O2/c1-24-19-12-15(6-7-18(19)20)13-21-9-10-22(16-4-2-3-5-16)17(14-21)8-11-23/h6-7,12,16-17,23H,2-5,8-11,13-14H2,1H3. The van der Waals surface area contributed by atoms with Crippen LogP contribution >= 0.6 is 0 Å². The first-order valence-corrected chi connectivity index (χ1v) is 9.12. The van der Waals surface area contributed by atoms with Crippen LogP contribution in [-0.2, 0) is 6.54 Å². The highest BCUT2D eigenvalue weighted by Gasteiger charge is 2.32. The summed E-state index contributed by atoms with van der Waals surface area (Å²) in [6.07, 6.45) is 6.12. The second-order valence-electron chi connectivity index (χ2n) is 7.05. The fraction of sp³-hybridized carbons (Fsp3) is 0.684. The molecule has 2 aliphatic rings. The Balaban J connectivity index is 1.63. The topological polar surface area (TPSA) is 35.9 Å². The lowest BCUT2D eigenvalue weighted by Crippen LogP contribution is -2.56. The third-order valence-electron chi connectivity index (χ3n) is 5.49.